The predicted octanol–water partition coefficient (Wildman–Crippen LogP) is 2.11. The molecular weight excluding hydrogens is 202 g/mol. The fourth-order valence-electron chi connectivity index (χ4n) is 2.20. The number of phenols is 1. The quantitative estimate of drug-likeness (QED) is 0.848. The molecule has 1 saturated heterocycles. The Balaban J connectivity index is 1.82. The van der Waals surface area contributed by atoms with E-state index in [1.807, 2.05) is 6.07 Å². The summed E-state index contributed by atoms with van der Waals surface area (Å²) in [5.74, 6) is 1.63. The van der Waals surface area contributed by atoms with Crippen molar-refractivity contribution >= 4 is 0 Å². The molecule has 1 fully saturated rings. The molecule has 88 valence electrons. The van der Waals surface area contributed by atoms with Gasteiger partial charge < -0.3 is 14.7 Å². The predicted molar refractivity (Wildman–Crippen MR) is 63.8 cm³/mol. The van der Waals surface area contributed by atoms with Crippen LogP contribution in [-0.4, -0.2) is 36.8 Å². The highest BCUT2D eigenvalue weighted by atomic mass is 16.5. The van der Waals surface area contributed by atoms with Gasteiger partial charge in [0.25, 0.3) is 0 Å². The Morgan fingerprint density at radius 3 is 3.12 bits per heavy atom. The maximum atomic E-state index is 9.30. The van der Waals surface area contributed by atoms with E-state index in [1.54, 1.807) is 18.2 Å². The summed E-state index contributed by atoms with van der Waals surface area (Å²) >= 11 is 0. The average Bonchev–Trinajstić information content (AvgIpc) is 2.27. The van der Waals surface area contributed by atoms with E-state index >= 15 is 0 Å². The molecule has 1 aromatic rings. The highest BCUT2D eigenvalue weighted by molar-refractivity contribution is 5.31. The minimum Gasteiger partial charge on any atom is -0.508 e. The van der Waals surface area contributed by atoms with E-state index in [0.29, 0.717) is 5.92 Å². The van der Waals surface area contributed by atoms with Crippen molar-refractivity contribution in [2.75, 3.05) is 26.7 Å². The number of likely N-dealkylation sites (tertiary alicyclic amines) is 1. The van der Waals surface area contributed by atoms with Crippen LogP contribution in [-0.2, 0) is 0 Å². The zero-order valence-corrected chi connectivity index (χ0v) is 9.72. The second-order valence-corrected chi connectivity index (χ2v) is 4.58. The van der Waals surface area contributed by atoms with Gasteiger partial charge in [0.15, 0.2) is 0 Å². The molecule has 3 heteroatoms. The van der Waals surface area contributed by atoms with Gasteiger partial charge in [0.2, 0.25) is 0 Å². The molecule has 16 heavy (non-hydrogen) atoms. The number of piperidine rings is 1. The lowest BCUT2D eigenvalue weighted by Gasteiger charge is -2.29. The van der Waals surface area contributed by atoms with Crippen molar-refractivity contribution < 1.29 is 9.84 Å². The third-order valence-electron chi connectivity index (χ3n) is 3.03. The van der Waals surface area contributed by atoms with Gasteiger partial charge in [-0.15, -0.1) is 0 Å². The molecule has 0 saturated carbocycles. The summed E-state index contributed by atoms with van der Waals surface area (Å²) in [4.78, 5) is 2.35. The van der Waals surface area contributed by atoms with Gasteiger partial charge in [-0.1, -0.05) is 6.07 Å². The van der Waals surface area contributed by atoms with Crippen molar-refractivity contribution in [3.05, 3.63) is 24.3 Å². The normalized spacial score (nSPS) is 21.9. The standard InChI is InChI=1S/C13H19NO2/c1-14-7-3-4-11(9-14)10-16-13-6-2-5-12(15)8-13/h2,5-6,8,11,15H,3-4,7,9-10H2,1H3/t11-/m1/s1. The third-order valence-corrected chi connectivity index (χ3v) is 3.03. The Kier molecular flexibility index (Phi) is 3.67. The van der Waals surface area contributed by atoms with Crippen molar-refractivity contribution in [2.24, 2.45) is 5.92 Å². The number of hydrogen-bond donors (Lipinski definition) is 1. The van der Waals surface area contributed by atoms with Crippen molar-refractivity contribution in [1.29, 1.82) is 0 Å². The summed E-state index contributed by atoms with van der Waals surface area (Å²) in [7, 11) is 2.15. The lowest BCUT2D eigenvalue weighted by atomic mass is 10.00. The number of rotatable bonds is 3. The molecule has 1 aliphatic rings. The molecule has 0 spiro atoms. The third kappa shape index (κ3) is 3.14. The second-order valence-electron chi connectivity index (χ2n) is 4.58. The molecule has 0 amide bonds. The summed E-state index contributed by atoms with van der Waals surface area (Å²) in [5, 5.41) is 9.30. The van der Waals surface area contributed by atoms with E-state index in [2.05, 4.69) is 11.9 Å². The van der Waals surface area contributed by atoms with E-state index in [9.17, 15) is 5.11 Å². The lowest BCUT2D eigenvalue weighted by Crippen LogP contribution is -2.34. The number of aromatic hydroxyl groups is 1. The maximum absolute atomic E-state index is 9.30. The first-order valence-electron chi connectivity index (χ1n) is 5.84. The van der Waals surface area contributed by atoms with E-state index in [-0.39, 0.29) is 5.75 Å². The van der Waals surface area contributed by atoms with Crippen LogP contribution >= 0.6 is 0 Å². The Labute approximate surface area is 96.6 Å². The van der Waals surface area contributed by atoms with Crippen LogP contribution in [0.1, 0.15) is 12.8 Å². The molecule has 1 aromatic carbocycles. The van der Waals surface area contributed by atoms with Gasteiger partial charge in [0, 0.05) is 18.5 Å². The van der Waals surface area contributed by atoms with Gasteiger partial charge in [0.05, 0.1) is 6.61 Å². The van der Waals surface area contributed by atoms with E-state index in [0.717, 1.165) is 18.9 Å². The molecule has 1 atom stereocenters. The van der Waals surface area contributed by atoms with E-state index in [4.69, 9.17) is 4.74 Å². The lowest BCUT2D eigenvalue weighted by molar-refractivity contribution is 0.150. The molecule has 1 N–H and O–H groups in total. The first-order chi connectivity index (χ1) is 7.74. The van der Waals surface area contributed by atoms with Gasteiger partial charge in [-0.25, -0.2) is 0 Å². The van der Waals surface area contributed by atoms with Crippen LogP contribution in [0.15, 0.2) is 24.3 Å². The number of phenolic OH excluding ortho intramolecular Hbond substituents is 1. The topological polar surface area (TPSA) is 32.7 Å². The minimum absolute atomic E-state index is 0.262. The molecule has 0 radical (unpaired) electrons. The largest absolute Gasteiger partial charge is 0.508 e. The van der Waals surface area contributed by atoms with Crippen LogP contribution in [0.3, 0.4) is 0 Å². The van der Waals surface area contributed by atoms with Gasteiger partial charge >= 0.3 is 0 Å². The van der Waals surface area contributed by atoms with Gasteiger partial charge in [-0.2, -0.15) is 0 Å². The number of hydrogen-bond acceptors (Lipinski definition) is 3. The van der Waals surface area contributed by atoms with Crippen molar-refractivity contribution in [3.63, 3.8) is 0 Å². The van der Waals surface area contributed by atoms with Crippen molar-refractivity contribution in [3.8, 4) is 11.5 Å². The maximum Gasteiger partial charge on any atom is 0.122 e. The number of ether oxygens (including phenoxy) is 1. The summed E-state index contributed by atoms with van der Waals surface area (Å²) in [5.41, 5.74) is 0. The summed E-state index contributed by atoms with van der Waals surface area (Å²) in [6.45, 7) is 3.05. The first-order valence-corrected chi connectivity index (χ1v) is 5.84. The molecule has 0 aromatic heterocycles. The zero-order valence-electron chi connectivity index (χ0n) is 9.72. The Morgan fingerprint density at radius 1 is 1.50 bits per heavy atom. The SMILES string of the molecule is CN1CCC[C@@H](COc2cccc(O)c2)C1. The molecule has 0 bridgehead atoms. The molecule has 1 aliphatic heterocycles. The van der Waals surface area contributed by atoms with Gasteiger partial charge in [-0.3, -0.25) is 0 Å². The molecule has 0 aliphatic carbocycles. The fraction of sp³-hybridized carbons (Fsp3) is 0.538. The molecular formula is C13H19NO2. The minimum atomic E-state index is 0.262. The van der Waals surface area contributed by atoms with Crippen LogP contribution < -0.4 is 4.74 Å². The summed E-state index contributed by atoms with van der Waals surface area (Å²) in [6.07, 6.45) is 2.49. The highest BCUT2D eigenvalue weighted by Gasteiger charge is 2.17. The molecule has 2 rings (SSSR count). The Hall–Kier alpha value is -1.22. The van der Waals surface area contributed by atoms with Gasteiger partial charge in [-0.05, 0) is 38.6 Å². The van der Waals surface area contributed by atoms with Crippen LogP contribution in [0.5, 0.6) is 11.5 Å². The number of benzene rings is 1. The zero-order chi connectivity index (χ0) is 11.4. The van der Waals surface area contributed by atoms with Gasteiger partial charge in [0.1, 0.15) is 11.5 Å². The van der Waals surface area contributed by atoms with Crippen molar-refractivity contribution in [2.45, 2.75) is 12.8 Å². The summed E-state index contributed by atoms with van der Waals surface area (Å²) in [6, 6.07) is 7.00. The Bertz CT molecular complexity index is 340. The molecule has 3 nitrogen and oxygen atoms in total. The van der Waals surface area contributed by atoms with Crippen LogP contribution in [0, 0.1) is 5.92 Å². The Morgan fingerprint density at radius 2 is 2.38 bits per heavy atom. The summed E-state index contributed by atoms with van der Waals surface area (Å²) < 4.78 is 5.69. The monoisotopic (exact) mass is 221 g/mol. The van der Waals surface area contributed by atoms with Crippen molar-refractivity contribution in [1.82, 2.24) is 4.90 Å². The first kappa shape index (κ1) is 11.3. The fourth-order valence-corrected chi connectivity index (χ4v) is 2.20. The van der Waals surface area contributed by atoms with E-state index < -0.39 is 0 Å². The van der Waals surface area contributed by atoms with Crippen LogP contribution in [0.4, 0.5) is 0 Å². The number of nitrogens with zero attached hydrogens (tertiary/aromatic N) is 1. The van der Waals surface area contributed by atoms with E-state index in [1.165, 1.54) is 19.4 Å². The molecule has 0 unspecified atom stereocenters. The van der Waals surface area contributed by atoms with Crippen LogP contribution in [0.25, 0.3) is 0 Å². The average molecular weight is 221 g/mol. The molecule has 1 heterocycles. The second kappa shape index (κ2) is 5.21. The smallest absolute Gasteiger partial charge is 0.122 e. The van der Waals surface area contributed by atoms with Crippen LogP contribution in [0.2, 0.25) is 0 Å². The highest BCUT2D eigenvalue weighted by Crippen LogP contribution is 2.20.